The van der Waals surface area contributed by atoms with Crippen molar-refractivity contribution >= 4 is 21.7 Å². The molecule has 0 aliphatic carbocycles. The Morgan fingerprint density at radius 1 is 0.917 bits per heavy atom. The van der Waals surface area contributed by atoms with Gasteiger partial charge in [0.2, 0.25) is 0 Å². The number of fused-ring (bicyclic) bond motifs is 2. The Kier molecular flexibility index (Phi) is 6.55. The summed E-state index contributed by atoms with van der Waals surface area (Å²) in [7, 11) is 1.58. The molecule has 180 valence electrons. The highest BCUT2D eigenvalue weighted by Crippen LogP contribution is 2.46. The maximum Gasteiger partial charge on any atom is 0.256 e. The monoisotopic (exact) mass is 475 g/mol. The van der Waals surface area contributed by atoms with Crippen molar-refractivity contribution in [2.45, 2.75) is 24.7 Å². The molecule has 5 rings (SSSR count). The molecule has 0 spiro atoms. The molecule has 0 saturated heterocycles. The maximum absolute atomic E-state index is 14.1. The molecule has 0 radical (unpaired) electrons. The lowest BCUT2D eigenvalue weighted by atomic mass is 9.71. The number of para-hydroxylation sites is 1. The molecule has 4 nitrogen and oxygen atoms in total. The molecule has 0 aliphatic rings. The number of aliphatic hydroxyl groups is 1. The van der Waals surface area contributed by atoms with Gasteiger partial charge in [-0.3, -0.25) is 9.36 Å². The second-order valence-electron chi connectivity index (χ2n) is 9.10. The number of ether oxygens (including phenoxy) is 1. The van der Waals surface area contributed by atoms with E-state index >= 15 is 0 Å². The van der Waals surface area contributed by atoms with Crippen LogP contribution in [0.5, 0.6) is 0 Å². The van der Waals surface area contributed by atoms with Crippen LogP contribution in [-0.2, 0) is 17.1 Å². The number of rotatable bonds is 8. The molecule has 4 aromatic carbocycles. The van der Waals surface area contributed by atoms with Crippen molar-refractivity contribution in [3.63, 3.8) is 0 Å². The van der Waals surface area contributed by atoms with E-state index in [1.54, 1.807) is 17.8 Å². The van der Waals surface area contributed by atoms with Gasteiger partial charge in [-0.2, -0.15) is 0 Å². The van der Waals surface area contributed by atoms with Crippen molar-refractivity contribution < 1.29 is 9.84 Å². The van der Waals surface area contributed by atoms with Gasteiger partial charge in [-0.05, 0) is 45.8 Å². The minimum atomic E-state index is -1.43. The lowest BCUT2D eigenvalue weighted by molar-refractivity contribution is 0.0229. The summed E-state index contributed by atoms with van der Waals surface area (Å²) in [5.74, 6) is -0.650. The van der Waals surface area contributed by atoms with E-state index in [2.05, 4.69) is 6.58 Å². The highest BCUT2D eigenvalue weighted by Gasteiger charge is 2.42. The van der Waals surface area contributed by atoms with Gasteiger partial charge >= 0.3 is 0 Å². The van der Waals surface area contributed by atoms with E-state index in [9.17, 15) is 9.90 Å². The molecular weight excluding hydrogens is 446 g/mol. The van der Waals surface area contributed by atoms with Gasteiger partial charge in [-0.1, -0.05) is 97.1 Å². The van der Waals surface area contributed by atoms with Crippen LogP contribution in [0.25, 0.3) is 21.7 Å². The number of benzene rings is 4. The Morgan fingerprint density at radius 3 is 2.33 bits per heavy atom. The van der Waals surface area contributed by atoms with Gasteiger partial charge in [0.1, 0.15) is 12.3 Å². The molecule has 0 amide bonds. The van der Waals surface area contributed by atoms with Crippen LogP contribution in [0.15, 0.2) is 121 Å². The minimum absolute atomic E-state index is 0.114. The van der Waals surface area contributed by atoms with Crippen LogP contribution < -0.4 is 5.56 Å². The molecule has 0 aliphatic heterocycles. The van der Waals surface area contributed by atoms with Gasteiger partial charge in [-0.25, -0.2) is 0 Å². The largest absolute Gasteiger partial charge is 0.384 e. The van der Waals surface area contributed by atoms with E-state index in [1.165, 1.54) is 0 Å². The van der Waals surface area contributed by atoms with Crippen molar-refractivity contribution in [1.29, 1.82) is 0 Å². The fourth-order valence-electron chi connectivity index (χ4n) is 5.38. The smallest absolute Gasteiger partial charge is 0.256 e. The number of hydrogen-bond donors (Lipinski definition) is 1. The summed E-state index contributed by atoms with van der Waals surface area (Å²) in [6, 6.07) is 33.4. The molecule has 1 heterocycles. The second kappa shape index (κ2) is 9.94. The van der Waals surface area contributed by atoms with Crippen molar-refractivity contribution in [2.24, 2.45) is 0 Å². The van der Waals surface area contributed by atoms with E-state index in [0.29, 0.717) is 5.56 Å². The van der Waals surface area contributed by atoms with Crippen LogP contribution in [0.1, 0.15) is 29.0 Å². The van der Waals surface area contributed by atoms with Gasteiger partial charge in [0, 0.05) is 18.6 Å². The zero-order chi connectivity index (χ0) is 25.1. The Morgan fingerprint density at radius 2 is 1.58 bits per heavy atom. The Labute approximate surface area is 210 Å². The number of pyridine rings is 1. The SMILES string of the molecule is C=CC[C@@](O)(c1cccc2ccccc12)[C@H](c1ccccc1)c1cc2ccccc2n(COC)c1=O. The van der Waals surface area contributed by atoms with E-state index in [-0.39, 0.29) is 18.7 Å². The van der Waals surface area contributed by atoms with E-state index in [1.807, 2.05) is 103 Å². The first kappa shape index (κ1) is 23.7. The van der Waals surface area contributed by atoms with Crippen LogP contribution >= 0.6 is 0 Å². The molecule has 0 saturated carbocycles. The Balaban J connectivity index is 1.88. The van der Waals surface area contributed by atoms with Gasteiger partial charge in [0.25, 0.3) is 5.56 Å². The Bertz CT molecular complexity index is 1580. The molecule has 0 fully saturated rings. The first-order valence-electron chi connectivity index (χ1n) is 12.1. The van der Waals surface area contributed by atoms with Gasteiger partial charge < -0.3 is 9.84 Å². The Hall–Kier alpha value is -3.99. The summed E-state index contributed by atoms with van der Waals surface area (Å²) in [6.07, 6.45) is 1.99. The summed E-state index contributed by atoms with van der Waals surface area (Å²) in [4.78, 5) is 14.1. The molecule has 5 aromatic rings. The predicted octanol–water partition coefficient (Wildman–Crippen LogP) is 6.35. The third-order valence-electron chi connectivity index (χ3n) is 6.92. The number of aromatic nitrogens is 1. The van der Waals surface area contributed by atoms with Gasteiger partial charge in [0.05, 0.1) is 5.52 Å². The topological polar surface area (TPSA) is 51.5 Å². The molecule has 2 atom stereocenters. The standard InChI is InChI=1S/C32H29NO3/c1-3-20-32(35,28-18-11-16-23-12-7-9-17-26(23)28)30(24-13-5-4-6-14-24)27-21-25-15-8-10-19-29(25)33(22-36-2)31(27)34/h3-19,21,30,35H,1,20,22H2,2H3/t30-,32-/m1/s1. The summed E-state index contributed by atoms with van der Waals surface area (Å²) < 4.78 is 7.05. The van der Waals surface area contributed by atoms with Crippen LogP contribution in [0, 0.1) is 0 Å². The lowest BCUT2D eigenvalue weighted by Crippen LogP contribution is -2.38. The highest BCUT2D eigenvalue weighted by molar-refractivity contribution is 5.87. The highest BCUT2D eigenvalue weighted by atomic mass is 16.5. The molecule has 0 unspecified atom stereocenters. The quantitative estimate of drug-likeness (QED) is 0.266. The van der Waals surface area contributed by atoms with Crippen LogP contribution in [-0.4, -0.2) is 16.8 Å². The normalized spacial score (nSPS) is 13.9. The van der Waals surface area contributed by atoms with Crippen LogP contribution in [0.3, 0.4) is 0 Å². The molecule has 36 heavy (non-hydrogen) atoms. The van der Waals surface area contributed by atoms with E-state index in [0.717, 1.165) is 32.8 Å². The first-order chi connectivity index (χ1) is 17.6. The van der Waals surface area contributed by atoms with E-state index < -0.39 is 11.5 Å². The third kappa shape index (κ3) is 4.05. The van der Waals surface area contributed by atoms with Crippen LogP contribution in [0.4, 0.5) is 0 Å². The molecule has 1 N–H and O–H groups in total. The van der Waals surface area contributed by atoms with Crippen LogP contribution in [0.2, 0.25) is 0 Å². The minimum Gasteiger partial charge on any atom is -0.384 e. The van der Waals surface area contributed by atoms with Crippen molar-refractivity contribution in [3.05, 3.63) is 143 Å². The number of hydrogen-bond acceptors (Lipinski definition) is 3. The second-order valence-corrected chi connectivity index (χ2v) is 9.10. The van der Waals surface area contributed by atoms with Crippen molar-refractivity contribution in [1.82, 2.24) is 4.57 Å². The molecule has 0 bridgehead atoms. The van der Waals surface area contributed by atoms with Crippen molar-refractivity contribution in [3.8, 4) is 0 Å². The van der Waals surface area contributed by atoms with Gasteiger partial charge in [-0.15, -0.1) is 6.58 Å². The zero-order valence-corrected chi connectivity index (χ0v) is 20.3. The summed E-state index contributed by atoms with van der Waals surface area (Å²) in [6.45, 7) is 4.09. The number of methoxy groups -OCH3 is 1. The summed E-state index contributed by atoms with van der Waals surface area (Å²) in [5.41, 5.74) is 1.29. The third-order valence-corrected chi connectivity index (χ3v) is 6.92. The zero-order valence-electron chi connectivity index (χ0n) is 20.3. The predicted molar refractivity (Wildman–Crippen MR) is 146 cm³/mol. The lowest BCUT2D eigenvalue weighted by Gasteiger charge is -2.38. The average molecular weight is 476 g/mol. The van der Waals surface area contributed by atoms with E-state index in [4.69, 9.17) is 4.74 Å². The fourth-order valence-corrected chi connectivity index (χ4v) is 5.38. The van der Waals surface area contributed by atoms with Crippen molar-refractivity contribution in [2.75, 3.05) is 7.11 Å². The fraction of sp³-hybridized carbons (Fsp3) is 0.156. The average Bonchev–Trinajstić information content (AvgIpc) is 2.91. The maximum atomic E-state index is 14.1. The molecular formula is C32H29NO3. The molecule has 4 heteroatoms. The van der Waals surface area contributed by atoms with Gasteiger partial charge in [0.15, 0.2) is 0 Å². The number of nitrogens with zero attached hydrogens (tertiary/aromatic N) is 1. The summed E-state index contributed by atoms with van der Waals surface area (Å²) in [5, 5.41) is 15.6. The molecule has 1 aromatic heterocycles. The summed E-state index contributed by atoms with van der Waals surface area (Å²) >= 11 is 0. The first-order valence-corrected chi connectivity index (χ1v) is 12.1.